The van der Waals surface area contributed by atoms with Gasteiger partial charge in [0, 0.05) is 31.7 Å². The van der Waals surface area contributed by atoms with Crippen molar-refractivity contribution in [1.29, 1.82) is 0 Å². The third-order valence-corrected chi connectivity index (χ3v) is 4.82. The van der Waals surface area contributed by atoms with Gasteiger partial charge in [-0.3, -0.25) is 4.79 Å². The lowest BCUT2D eigenvalue weighted by Gasteiger charge is -2.17. The summed E-state index contributed by atoms with van der Waals surface area (Å²) in [6.07, 6.45) is 10.1. The van der Waals surface area contributed by atoms with Crippen LogP contribution >= 0.6 is 0 Å². The molecule has 1 heterocycles. The molecule has 29 heavy (non-hydrogen) atoms. The van der Waals surface area contributed by atoms with E-state index in [4.69, 9.17) is 9.52 Å². The van der Waals surface area contributed by atoms with E-state index in [-0.39, 0.29) is 5.91 Å². The van der Waals surface area contributed by atoms with Crippen molar-refractivity contribution in [3.8, 4) is 11.3 Å². The first-order chi connectivity index (χ1) is 14.0. The number of benzene rings is 1. The van der Waals surface area contributed by atoms with E-state index < -0.39 is 5.97 Å². The normalized spacial score (nSPS) is 11.1. The predicted molar refractivity (Wildman–Crippen MR) is 115 cm³/mol. The van der Waals surface area contributed by atoms with Gasteiger partial charge in [-0.2, -0.15) is 0 Å². The fourth-order valence-electron chi connectivity index (χ4n) is 3.18. The highest BCUT2D eigenvalue weighted by molar-refractivity contribution is 5.84. The smallest absolute Gasteiger partial charge is 0.328 e. The van der Waals surface area contributed by atoms with Crippen molar-refractivity contribution in [3.05, 3.63) is 53.8 Å². The van der Waals surface area contributed by atoms with Crippen LogP contribution in [-0.2, 0) is 16.1 Å². The number of rotatable bonds is 12. The Kier molecular flexibility index (Phi) is 9.22. The average molecular weight is 398 g/mol. The Balaban J connectivity index is 1.89. The Labute approximate surface area is 173 Å². The molecule has 0 radical (unpaired) electrons. The van der Waals surface area contributed by atoms with Gasteiger partial charge in [0.25, 0.3) is 0 Å². The van der Waals surface area contributed by atoms with Gasteiger partial charge in [0.1, 0.15) is 11.5 Å². The second kappa shape index (κ2) is 11.9. The molecule has 1 amide bonds. The molecule has 0 fully saturated rings. The molecule has 5 nitrogen and oxygen atoms in total. The molecule has 0 bridgehead atoms. The minimum absolute atomic E-state index is 0.171. The van der Waals surface area contributed by atoms with Crippen LogP contribution in [0.5, 0.6) is 0 Å². The van der Waals surface area contributed by atoms with E-state index in [0.717, 1.165) is 30.0 Å². The number of furan rings is 1. The molecule has 1 aromatic carbocycles. The quantitative estimate of drug-likeness (QED) is 0.365. The zero-order valence-corrected chi connectivity index (χ0v) is 17.4. The number of unbranched alkanes of at least 4 members (excludes halogenated alkanes) is 5. The van der Waals surface area contributed by atoms with E-state index in [0.29, 0.717) is 24.5 Å². The van der Waals surface area contributed by atoms with Crippen molar-refractivity contribution >= 4 is 18.0 Å². The maximum atomic E-state index is 12.4. The monoisotopic (exact) mass is 397 g/mol. The Morgan fingerprint density at radius 1 is 1.07 bits per heavy atom. The number of hydrogen-bond acceptors (Lipinski definition) is 3. The van der Waals surface area contributed by atoms with E-state index in [2.05, 4.69) is 6.92 Å². The zero-order valence-electron chi connectivity index (χ0n) is 17.4. The van der Waals surface area contributed by atoms with E-state index in [1.165, 1.54) is 31.8 Å². The summed E-state index contributed by atoms with van der Waals surface area (Å²) in [6.45, 7) is 2.75. The van der Waals surface area contributed by atoms with Crippen LogP contribution in [0.1, 0.15) is 63.2 Å². The van der Waals surface area contributed by atoms with Crippen LogP contribution in [0, 0.1) is 0 Å². The fourth-order valence-corrected chi connectivity index (χ4v) is 3.18. The molecule has 0 aliphatic carbocycles. The standard InChI is InChI=1S/C24H31NO4/c1-3-4-5-6-7-8-12-23(26)25(2)18-19-10-9-11-20(17-19)22-15-13-21(29-22)14-16-24(27)28/h9-11,13-17H,3-8,12,18H2,1-2H3,(H,27,28)/b16-14+. The molecule has 0 atom stereocenters. The summed E-state index contributed by atoms with van der Waals surface area (Å²) in [5.41, 5.74) is 1.93. The third-order valence-electron chi connectivity index (χ3n) is 4.82. The molecule has 0 aliphatic rings. The molecule has 0 spiro atoms. The van der Waals surface area contributed by atoms with Gasteiger partial charge in [-0.1, -0.05) is 57.2 Å². The van der Waals surface area contributed by atoms with Gasteiger partial charge in [-0.05, 0) is 36.3 Å². The largest absolute Gasteiger partial charge is 0.478 e. The first-order valence-corrected chi connectivity index (χ1v) is 10.3. The Morgan fingerprint density at radius 2 is 1.83 bits per heavy atom. The predicted octanol–water partition coefficient (Wildman–Crippen LogP) is 5.75. The molecule has 0 aliphatic heterocycles. The molecule has 2 rings (SSSR count). The molecule has 0 saturated heterocycles. The molecular weight excluding hydrogens is 366 g/mol. The molecule has 1 N–H and O–H groups in total. The summed E-state index contributed by atoms with van der Waals surface area (Å²) in [7, 11) is 1.84. The van der Waals surface area contributed by atoms with Crippen LogP contribution in [0.15, 0.2) is 46.9 Å². The van der Waals surface area contributed by atoms with Gasteiger partial charge in [0.05, 0.1) is 0 Å². The summed E-state index contributed by atoms with van der Waals surface area (Å²) in [5, 5.41) is 8.71. The topological polar surface area (TPSA) is 70.8 Å². The van der Waals surface area contributed by atoms with Gasteiger partial charge in [-0.25, -0.2) is 4.79 Å². The maximum Gasteiger partial charge on any atom is 0.328 e. The summed E-state index contributed by atoms with van der Waals surface area (Å²) < 4.78 is 5.69. The van der Waals surface area contributed by atoms with Crippen molar-refractivity contribution in [3.63, 3.8) is 0 Å². The summed E-state index contributed by atoms with van der Waals surface area (Å²) in [5.74, 6) is 0.306. The third kappa shape index (κ3) is 7.98. The van der Waals surface area contributed by atoms with Crippen LogP contribution < -0.4 is 0 Å². The van der Waals surface area contributed by atoms with E-state index in [1.54, 1.807) is 11.0 Å². The van der Waals surface area contributed by atoms with Crippen LogP contribution in [0.25, 0.3) is 17.4 Å². The fraction of sp³-hybridized carbons (Fsp3) is 0.417. The van der Waals surface area contributed by atoms with Crippen LogP contribution in [0.3, 0.4) is 0 Å². The number of carboxylic acids is 1. The molecule has 156 valence electrons. The van der Waals surface area contributed by atoms with E-state index in [1.807, 2.05) is 37.4 Å². The highest BCUT2D eigenvalue weighted by Gasteiger charge is 2.10. The SMILES string of the molecule is CCCCCCCCC(=O)N(C)Cc1cccc(-c2ccc(/C=C/C(=O)O)o2)c1. The van der Waals surface area contributed by atoms with Crippen molar-refractivity contribution < 1.29 is 19.1 Å². The first-order valence-electron chi connectivity index (χ1n) is 10.3. The lowest BCUT2D eigenvalue weighted by molar-refractivity contribution is -0.131. The Bertz CT molecular complexity index is 822. The van der Waals surface area contributed by atoms with Gasteiger partial charge in [0.15, 0.2) is 0 Å². The lowest BCUT2D eigenvalue weighted by atomic mass is 10.1. The number of nitrogens with zero attached hydrogens (tertiary/aromatic N) is 1. The number of aliphatic carboxylic acids is 1. The molecular formula is C24H31NO4. The van der Waals surface area contributed by atoms with Crippen molar-refractivity contribution in [2.45, 2.75) is 58.4 Å². The molecule has 1 aromatic heterocycles. The minimum atomic E-state index is -1.02. The van der Waals surface area contributed by atoms with Crippen LogP contribution in [-0.4, -0.2) is 28.9 Å². The second-order valence-electron chi connectivity index (χ2n) is 7.34. The highest BCUT2D eigenvalue weighted by atomic mass is 16.4. The number of amides is 1. The van der Waals surface area contributed by atoms with Crippen molar-refractivity contribution in [2.75, 3.05) is 7.05 Å². The summed E-state index contributed by atoms with van der Waals surface area (Å²) >= 11 is 0. The molecule has 0 saturated carbocycles. The number of carbonyl (C=O) groups excluding carboxylic acids is 1. The Morgan fingerprint density at radius 3 is 2.59 bits per heavy atom. The minimum Gasteiger partial charge on any atom is -0.478 e. The number of carboxylic acid groups (broad SMARTS) is 1. The molecule has 2 aromatic rings. The summed E-state index contributed by atoms with van der Waals surface area (Å²) in [6, 6.07) is 11.4. The molecule has 5 heteroatoms. The van der Waals surface area contributed by atoms with Crippen LogP contribution in [0.4, 0.5) is 0 Å². The van der Waals surface area contributed by atoms with Crippen molar-refractivity contribution in [2.24, 2.45) is 0 Å². The van der Waals surface area contributed by atoms with Crippen LogP contribution in [0.2, 0.25) is 0 Å². The highest BCUT2D eigenvalue weighted by Crippen LogP contribution is 2.24. The number of carbonyl (C=O) groups is 2. The van der Waals surface area contributed by atoms with E-state index >= 15 is 0 Å². The molecule has 0 unspecified atom stereocenters. The first kappa shape index (κ1) is 22.5. The van der Waals surface area contributed by atoms with E-state index in [9.17, 15) is 9.59 Å². The van der Waals surface area contributed by atoms with Gasteiger partial charge in [-0.15, -0.1) is 0 Å². The van der Waals surface area contributed by atoms with Gasteiger partial charge < -0.3 is 14.4 Å². The second-order valence-corrected chi connectivity index (χ2v) is 7.34. The number of hydrogen-bond donors (Lipinski definition) is 1. The van der Waals surface area contributed by atoms with Gasteiger partial charge in [0.2, 0.25) is 5.91 Å². The van der Waals surface area contributed by atoms with Gasteiger partial charge >= 0.3 is 5.97 Å². The lowest BCUT2D eigenvalue weighted by Crippen LogP contribution is -2.25. The van der Waals surface area contributed by atoms with Crippen molar-refractivity contribution in [1.82, 2.24) is 4.90 Å². The maximum absolute atomic E-state index is 12.4. The average Bonchev–Trinajstić information content (AvgIpc) is 3.18. The Hall–Kier alpha value is -2.82. The summed E-state index contributed by atoms with van der Waals surface area (Å²) in [4.78, 5) is 24.8. The zero-order chi connectivity index (χ0) is 21.1.